The van der Waals surface area contributed by atoms with E-state index in [4.69, 9.17) is 14.2 Å². The van der Waals surface area contributed by atoms with Crippen molar-refractivity contribution in [1.29, 1.82) is 0 Å². The summed E-state index contributed by atoms with van der Waals surface area (Å²) in [4.78, 5) is 42.0. The average Bonchev–Trinajstić information content (AvgIpc) is 3.01. The first-order valence-corrected chi connectivity index (χ1v) is 9.35. The Balaban J connectivity index is 1.87. The molecule has 1 aromatic carbocycles. The zero-order valence-electron chi connectivity index (χ0n) is 16.9. The second kappa shape index (κ2) is 8.38. The SMILES string of the molecule is CCOC(=O)c1c(C)[nH]c(C(=O)CN2CC(C(=O)OC)Oc3ccccc32)c1C. The van der Waals surface area contributed by atoms with Gasteiger partial charge < -0.3 is 24.1 Å². The van der Waals surface area contributed by atoms with Crippen LogP contribution in [0, 0.1) is 13.8 Å². The molecule has 0 saturated heterocycles. The van der Waals surface area contributed by atoms with Crippen LogP contribution in [0.3, 0.4) is 0 Å². The number of ether oxygens (including phenoxy) is 3. The van der Waals surface area contributed by atoms with Gasteiger partial charge in [0.15, 0.2) is 5.78 Å². The van der Waals surface area contributed by atoms with E-state index in [0.717, 1.165) is 0 Å². The third-order valence-electron chi connectivity index (χ3n) is 4.86. The standard InChI is InChI=1S/C21H24N2O6/c1-5-28-21(26)18-12(2)19(22-13(18)3)15(24)10-23-11-17(20(25)27-4)29-16-9-7-6-8-14(16)23/h6-9,17,22H,5,10-11H2,1-4H3. The topological polar surface area (TPSA) is 97.9 Å². The summed E-state index contributed by atoms with van der Waals surface area (Å²) in [5.41, 5.74) is 2.58. The van der Waals surface area contributed by atoms with Crippen LogP contribution in [0.15, 0.2) is 24.3 Å². The summed E-state index contributed by atoms with van der Waals surface area (Å²) in [7, 11) is 1.30. The van der Waals surface area contributed by atoms with Crippen LogP contribution in [-0.4, -0.2) is 55.6 Å². The fraction of sp³-hybridized carbons (Fsp3) is 0.381. The fourth-order valence-corrected chi connectivity index (χ4v) is 3.50. The first kappa shape index (κ1) is 20.4. The van der Waals surface area contributed by atoms with E-state index in [1.165, 1.54) is 7.11 Å². The highest BCUT2D eigenvalue weighted by atomic mass is 16.6. The number of fused-ring (bicyclic) bond motifs is 1. The number of carbonyl (C=O) groups is 3. The minimum absolute atomic E-state index is 0.0108. The molecule has 0 spiro atoms. The number of Topliss-reactive ketones (excluding diaryl/α,β-unsaturated/α-hetero) is 1. The van der Waals surface area contributed by atoms with Crippen LogP contribution in [0.4, 0.5) is 5.69 Å². The smallest absolute Gasteiger partial charge is 0.348 e. The maximum absolute atomic E-state index is 13.1. The molecule has 0 radical (unpaired) electrons. The molecule has 0 fully saturated rings. The predicted molar refractivity (Wildman–Crippen MR) is 106 cm³/mol. The third kappa shape index (κ3) is 3.96. The van der Waals surface area contributed by atoms with Crippen molar-refractivity contribution in [3.8, 4) is 5.75 Å². The van der Waals surface area contributed by atoms with Gasteiger partial charge in [-0.05, 0) is 38.5 Å². The number of aromatic amines is 1. The number of ketones is 1. The Morgan fingerprint density at radius 2 is 1.97 bits per heavy atom. The number of methoxy groups -OCH3 is 1. The summed E-state index contributed by atoms with van der Waals surface area (Å²) in [6.45, 7) is 5.62. The van der Waals surface area contributed by atoms with E-state index in [1.807, 2.05) is 12.1 Å². The Bertz CT molecular complexity index is 949. The molecule has 0 amide bonds. The number of hydrogen-bond donors (Lipinski definition) is 1. The van der Waals surface area contributed by atoms with Crippen molar-refractivity contribution in [1.82, 2.24) is 4.98 Å². The zero-order valence-corrected chi connectivity index (χ0v) is 16.9. The maximum Gasteiger partial charge on any atom is 0.348 e. The lowest BCUT2D eigenvalue weighted by Crippen LogP contribution is -2.46. The molecule has 3 rings (SSSR count). The van der Waals surface area contributed by atoms with Crippen LogP contribution < -0.4 is 9.64 Å². The number of aromatic nitrogens is 1. The van der Waals surface area contributed by atoms with Crippen LogP contribution >= 0.6 is 0 Å². The number of esters is 2. The molecule has 1 unspecified atom stereocenters. The van der Waals surface area contributed by atoms with Gasteiger partial charge in [-0.3, -0.25) is 4.79 Å². The number of nitrogens with zero attached hydrogens (tertiary/aromatic N) is 1. The Kier molecular flexibility index (Phi) is 5.91. The number of aryl methyl sites for hydroxylation is 1. The monoisotopic (exact) mass is 400 g/mol. The Morgan fingerprint density at radius 1 is 1.24 bits per heavy atom. The van der Waals surface area contributed by atoms with Crippen molar-refractivity contribution >= 4 is 23.4 Å². The molecule has 0 saturated carbocycles. The normalized spacial score (nSPS) is 15.3. The highest BCUT2D eigenvalue weighted by Gasteiger charge is 2.33. The number of carbonyl (C=O) groups excluding carboxylic acids is 3. The van der Waals surface area contributed by atoms with E-state index in [1.54, 1.807) is 37.8 Å². The Labute approximate surface area is 168 Å². The molecule has 2 heterocycles. The Morgan fingerprint density at radius 3 is 2.66 bits per heavy atom. The van der Waals surface area contributed by atoms with Gasteiger partial charge in [0.1, 0.15) is 5.75 Å². The first-order valence-electron chi connectivity index (χ1n) is 9.35. The van der Waals surface area contributed by atoms with Gasteiger partial charge >= 0.3 is 11.9 Å². The minimum atomic E-state index is -0.829. The molecule has 1 aromatic heterocycles. The van der Waals surface area contributed by atoms with Gasteiger partial charge in [-0.1, -0.05) is 12.1 Å². The van der Waals surface area contributed by atoms with Crippen molar-refractivity contribution in [3.63, 3.8) is 0 Å². The summed E-state index contributed by atoms with van der Waals surface area (Å²) in [6.07, 6.45) is -0.829. The minimum Gasteiger partial charge on any atom is -0.475 e. The number of benzene rings is 1. The summed E-state index contributed by atoms with van der Waals surface area (Å²) < 4.78 is 15.6. The highest BCUT2D eigenvalue weighted by Crippen LogP contribution is 2.33. The van der Waals surface area contributed by atoms with Gasteiger partial charge in [0, 0.05) is 5.69 Å². The number of anilines is 1. The van der Waals surface area contributed by atoms with Crippen molar-refractivity contribution < 1.29 is 28.6 Å². The molecule has 29 heavy (non-hydrogen) atoms. The lowest BCUT2D eigenvalue weighted by molar-refractivity contribution is -0.148. The van der Waals surface area contributed by atoms with Crippen LogP contribution in [0.1, 0.15) is 39.0 Å². The van der Waals surface area contributed by atoms with Gasteiger partial charge in [-0.25, -0.2) is 9.59 Å². The average molecular weight is 400 g/mol. The van der Waals surface area contributed by atoms with E-state index in [-0.39, 0.29) is 25.5 Å². The quantitative estimate of drug-likeness (QED) is 0.587. The van der Waals surface area contributed by atoms with Crippen molar-refractivity contribution in [2.24, 2.45) is 0 Å². The number of hydrogen-bond acceptors (Lipinski definition) is 7. The van der Waals surface area contributed by atoms with E-state index >= 15 is 0 Å². The molecule has 1 atom stereocenters. The molecule has 154 valence electrons. The lowest BCUT2D eigenvalue weighted by atomic mass is 10.1. The molecule has 8 heteroatoms. The zero-order chi connectivity index (χ0) is 21.1. The van der Waals surface area contributed by atoms with Crippen LogP contribution in [0.2, 0.25) is 0 Å². The van der Waals surface area contributed by atoms with Crippen LogP contribution in [0.5, 0.6) is 5.75 Å². The fourth-order valence-electron chi connectivity index (χ4n) is 3.50. The highest BCUT2D eigenvalue weighted by molar-refractivity contribution is 6.03. The summed E-state index contributed by atoms with van der Waals surface area (Å²) in [5.74, 6) is -0.663. The van der Waals surface area contributed by atoms with E-state index in [9.17, 15) is 14.4 Å². The molecule has 0 bridgehead atoms. The second-order valence-corrected chi connectivity index (χ2v) is 6.75. The summed E-state index contributed by atoms with van der Waals surface area (Å²) >= 11 is 0. The van der Waals surface area contributed by atoms with Crippen molar-refractivity contribution in [3.05, 3.63) is 46.8 Å². The molecule has 8 nitrogen and oxygen atoms in total. The molecule has 1 aliphatic heterocycles. The van der Waals surface area contributed by atoms with E-state index in [0.29, 0.717) is 34.0 Å². The van der Waals surface area contributed by atoms with Gasteiger partial charge in [-0.15, -0.1) is 0 Å². The second-order valence-electron chi connectivity index (χ2n) is 6.75. The van der Waals surface area contributed by atoms with Gasteiger partial charge in [0.05, 0.1) is 43.8 Å². The largest absolute Gasteiger partial charge is 0.475 e. The summed E-state index contributed by atoms with van der Waals surface area (Å²) in [5, 5.41) is 0. The molecule has 1 aliphatic rings. The van der Waals surface area contributed by atoms with Crippen molar-refractivity contribution in [2.45, 2.75) is 26.9 Å². The number of H-pyrrole nitrogens is 1. The lowest BCUT2D eigenvalue weighted by Gasteiger charge is -2.34. The molecular formula is C21H24N2O6. The number of rotatable bonds is 6. The number of para-hydroxylation sites is 2. The van der Waals surface area contributed by atoms with E-state index in [2.05, 4.69) is 4.98 Å². The number of nitrogens with one attached hydrogen (secondary N) is 1. The predicted octanol–water partition coefficient (Wildman–Crippen LogP) is 2.43. The molecular weight excluding hydrogens is 376 g/mol. The molecule has 0 aliphatic carbocycles. The maximum atomic E-state index is 13.1. The summed E-state index contributed by atoms with van der Waals surface area (Å²) in [6, 6.07) is 7.20. The molecule has 1 N–H and O–H groups in total. The van der Waals surface area contributed by atoms with Crippen molar-refractivity contribution in [2.75, 3.05) is 31.7 Å². The van der Waals surface area contributed by atoms with Gasteiger partial charge in [0.2, 0.25) is 6.10 Å². The van der Waals surface area contributed by atoms with E-state index < -0.39 is 18.0 Å². The van der Waals surface area contributed by atoms with Crippen LogP contribution in [-0.2, 0) is 14.3 Å². The van der Waals surface area contributed by atoms with Gasteiger partial charge in [0.25, 0.3) is 0 Å². The molecule has 2 aromatic rings. The Hall–Kier alpha value is -3.29. The van der Waals surface area contributed by atoms with Gasteiger partial charge in [-0.2, -0.15) is 0 Å². The third-order valence-corrected chi connectivity index (χ3v) is 4.86. The first-order chi connectivity index (χ1) is 13.9. The van der Waals surface area contributed by atoms with Crippen LogP contribution in [0.25, 0.3) is 0 Å².